The summed E-state index contributed by atoms with van der Waals surface area (Å²) < 4.78 is 73.4. The molecular weight excluding hydrogens is 393 g/mol. The van der Waals surface area contributed by atoms with Crippen molar-refractivity contribution in [3.8, 4) is 0 Å². The summed E-state index contributed by atoms with van der Waals surface area (Å²) in [5.74, 6) is 0. The summed E-state index contributed by atoms with van der Waals surface area (Å²) in [6, 6.07) is 12.3. The summed E-state index contributed by atoms with van der Waals surface area (Å²) in [6.45, 7) is 2.66. The lowest BCUT2D eigenvalue weighted by atomic mass is 10.1. The SMILES string of the molecule is O=S(=O)(N[C@@H](CN1CCOCC1)c1ccccc1)c1ccccc1C(F)(F)F. The average molecular weight is 414 g/mol. The average Bonchev–Trinajstić information content (AvgIpc) is 2.68. The van der Waals surface area contributed by atoms with Crippen molar-refractivity contribution in [1.29, 1.82) is 0 Å². The number of alkyl halides is 3. The van der Waals surface area contributed by atoms with E-state index in [0.717, 1.165) is 12.1 Å². The van der Waals surface area contributed by atoms with Crippen LogP contribution < -0.4 is 4.72 Å². The van der Waals surface area contributed by atoms with Crippen molar-refractivity contribution < 1.29 is 26.3 Å². The van der Waals surface area contributed by atoms with Gasteiger partial charge in [0.15, 0.2) is 0 Å². The number of morpholine rings is 1. The van der Waals surface area contributed by atoms with E-state index in [2.05, 4.69) is 4.72 Å². The zero-order chi connectivity index (χ0) is 20.2. The normalized spacial score (nSPS) is 17.4. The maximum atomic E-state index is 13.3. The zero-order valence-electron chi connectivity index (χ0n) is 15.0. The molecule has 1 heterocycles. The Bertz CT molecular complexity index is 883. The minimum atomic E-state index is -4.77. The van der Waals surface area contributed by atoms with Crippen LogP contribution in [0, 0.1) is 0 Å². The van der Waals surface area contributed by atoms with Crippen molar-refractivity contribution in [3.05, 3.63) is 65.7 Å². The zero-order valence-corrected chi connectivity index (χ0v) is 15.8. The minimum Gasteiger partial charge on any atom is -0.379 e. The molecule has 5 nitrogen and oxygen atoms in total. The molecule has 1 atom stereocenters. The Morgan fingerprint density at radius 3 is 2.25 bits per heavy atom. The van der Waals surface area contributed by atoms with Gasteiger partial charge in [0.1, 0.15) is 0 Å². The molecule has 2 aromatic rings. The Hall–Kier alpha value is -1.94. The molecule has 28 heavy (non-hydrogen) atoms. The first-order valence-corrected chi connectivity index (χ1v) is 10.3. The molecule has 0 unspecified atom stereocenters. The van der Waals surface area contributed by atoms with E-state index in [0.29, 0.717) is 38.4 Å². The second-order valence-corrected chi connectivity index (χ2v) is 8.17. The quantitative estimate of drug-likeness (QED) is 0.790. The molecule has 0 saturated carbocycles. The highest BCUT2D eigenvalue weighted by atomic mass is 32.2. The first-order chi connectivity index (χ1) is 13.3. The van der Waals surface area contributed by atoms with Gasteiger partial charge in [0.2, 0.25) is 10.0 Å². The van der Waals surface area contributed by atoms with Crippen LogP contribution in [-0.4, -0.2) is 46.2 Å². The van der Waals surface area contributed by atoms with Gasteiger partial charge >= 0.3 is 6.18 Å². The summed E-state index contributed by atoms with van der Waals surface area (Å²) in [6.07, 6.45) is -4.77. The third-order valence-electron chi connectivity index (χ3n) is 4.53. The number of hydrogen-bond donors (Lipinski definition) is 1. The van der Waals surface area contributed by atoms with E-state index < -0.39 is 32.7 Å². The number of hydrogen-bond acceptors (Lipinski definition) is 4. The number of sulfonamides is 1. The smallest absolute Gasteiger partial charge is 0.379 e. The number of halogens is 3. The predicted octanol–water partition coefficient (Wildman–Crippen LogP) is 3.06. The molecule has 0 aromatic heterocycles. The first-order valence-electron chi connectivity index (χ1n) is 8.81. The fourth-order valence-corrected chi connectivity index (χ4v) is 4.57. The molecular formula is C19H21F3N2O3S. The highest BCUT2D eigenvalue weighted by Gasteiger charge is 2.37. The van der Waals surface area contributed by atoms with Crippen molar-refractivity contribution in [1.82, 2.24) is 9.62 Å². The molecule has 3 rings (SSSR count). The minimum absolute atomic E-state index is 0.334. The number of rotatable bonds is 6. The van der Waals surface area contributed by atoms with Crippen molar-refractivity contribution in [2.75, 3.05) is 32.8 Å². The molecule has 1 aliphatic heterocycles. The van der Waals surface area contributed by atoms with E-state index in [1.807, 2.05) is 4.90 Å². The van der Waals surface area contributed by atoms with Crippen LogP contribution in [0.25, 0.3) is 0 Å². The lowest BCUT2D eigenvalue weighted by Gasteiger charge is -2.31. The number of benzene rings is 2. The van der Waals surface area contributed by atoms with Crippen molar-refractivity contribution in [3.63, 3.8) is 0 Å². The van der Waals surface area contributed by atoms with E-state index in [1.54, 1.807) is 30.3 Å². The van der Waals surface area contributed by atoms with Gasteiger partial charge in [-0.25, -0.2) is 13.1 Å². The maximum Gasteiger partial charge on any atom is 0.417 e. The van der Waals surface area contributed by atoms with Gasteiger partial charge in [0, 0.05) is 19.6 Å². The molecule has 0 aliphatic carbocycles. The summed E-state index contributed by atoms with van der Waals surface area (Å²) in [5, 5.41) is 0. The van der Waals surface area contributed by atoms with E-state index >= 15 is 0 Å². The highest BCUT2D eigenvalue weighted by Crippen LogP contribution is 2.34. The van der Waals surface area contributed by atoms with Gasteiger partial charge in [-0.3, -0.25) is 4.90 Å². The van der Waals surface area contributed by atoms with Crippen molar-refractivity contribution >= 4 is 10.0 Å². The second-order valence-electron chi connectivity index (χ2n) is 6.49. The molecule has 0 spiro atoms. The monoisotopic (exact) mass is 414 g/mol. The predicted molar refractivity (Wildman–Crippen MR) is 98.2 cm³/mol. The fraction of sp³-hybridized carbons (Fsp3) is 0.368. The number of nitrogens with one attached hydrogen (secondary N) is 1. The Labute approximate surface area is 162 Å². The van der Waals surface area contributed by atoms with Crippen molar-refractivity contribution in [2.45, 2.75) is 17.1 Å². The van der Waals surface area contributed by atoms with Crippen LogP contribution in [0.1, 0.15) is 17.2 Å². The van der Waals surface area contributed by atoms with Gasteiger partial charge in [0.05, 0.1) is 29.7 Å². The molecule has 2 aromatic carbocycles. The molecule has 0 bridgehead atoms. The van der Waals surface area contributed by atoms with Gasteiger partial charge in [-0.05, 0) is 17.7 Å². The summed E-state index contributed by atoms with van der Waals surface area (Å²) in [7, 11) is -4.40. The van der Waals surface area contributed by atoms with Crippen LogP contribution in [0.15, 0.2) is 59.5 Å². The molecule has 1 saturated heterocycles. The maximum absolute atomic E-state index is 13.3. The molecule has 0 radical (unpaired) electrons. The van der Waals surface area contributed by atoms with Crippen LogP contribution in [0.2, 0.25) is 0 Å². The Morgan fingerprint density at radius 2 is 1.61 bits per heavy atom. The molecule has 152 valence electrons. The lowest BCUT2D eigenvalue weighted by molar-refractivity contribution is -0.139. The van der Waals surface area contributed by atoms with Crippen LogP contribution >= 0.6 is 0 Å². The van der Waals surface area contributed by atoms with Gasteiger partial charge in [0.25, 0.3) is 0 Å². The summed E-state index contributed by atoms with van der Waals surface area (Å²) in [4.78, 5) is 1.25. The molecule has 9 heteroatoms. The third-order valence-corrected chi connectivity index (χ3v) is 6.06. The van der Waals surface area contributed by atoms with Crippen molar-refractivity contribution in [2.24, 2.45) is 0 Å². The number of ether oxygens (including phenoxy) is 1. The molecule has 1 fully saturated rings. The molecule has 0 amide bonds. The van der Waals surface area contributed by atoms with Crippen LogP contribution in [0.4, 0.5) is 13.2 Å². The fourth-order valence-electron chi connectivity index (χ4n) is 3.12. The van der Waals surface area contributed by atoms with E-state index in [1.165, 1.54) is 12.1 Å². The topological polar surface area (TPSA) is 58.6 Å². The van der Waals surface area contributed by atoms with Crippen LogP contribution in [0.3, 0.4) is 0 Å². The standard InChI is InChI=1S/C19H21F3N2O3S/c20-19(21,22)16-8-4-5-9-18(16)28(25,26)23-17(15-6-2-1-3-7-15)14-24-10-12-27-13-11-24/h1-9,17,23H,10-14H2/t17-/m0/s1. The Kier molecular flexibility index (Phi) is 6.39. The highest BCUT2D eigenvalue weighted by molar-refractivity contribution is 7.89. The third kappa shape index (κ3) is 5.11. The number of nitrogens with zero attached hydrogens (tertiary/aromatic N) is 1. The van der Waals surface area contributed by atoms with E-state index in [4.69, 9.17) is 4.74 Å². The molecule has 1 N–H and O–H groups in total. The largest absolute Gasteiger partial charge is 0.417 e. The molecule has 1 aliphatic rings. The van der Waals surface area contributed by atoms with Gasteiger partial charge < -0.3 is 4.74 Å². The summed E-state index contributed by atoms with van der Waals surface area (Å²) in [5.41, 5.74) is -0.497. The summed E-state index contributed by atoms with van der Waals surface area (Å²) >= 11 is 0. The van der Waals surface area contributed by atoms with Gasteiger partial charge in [-0.2, -0.15) is 13.2 Å². The van der Waals surface area contributed by atoms with Crippen LogP contribution in [-0.2, 0) is 20.9 Å². The van der Waals surface area contributed by atoms with E-state index in [-0.39, 0.29) is 0 Å². The Balaban J connectivity index is 1.91. The van der Waals surface area contributed by atoms with Crippen LogP contribution in [0.5, 0.6) is 0 Å². The second kappa shape index (κ2) is 8.60. The van der Waals surface area contributed by atoms with E-state index in [9.17, 15) is 21.6 Å². The Morgan fingerprint density at radius 1 is 1.00 bits per heavy atom. The lowest BCUT2D eigenvalue weighted by Crippen LogP contribution is -2.43. The first kappa shape index (κ1) is 20.8. The van der Waals surface area contributed by atoms with Gasteiger partial charge in [-0.15, -0.1) is 0 Å². The van der Waals surface area contributed by atoms with Gasteiger partial charge in [-0.1, -0.05) is 42.5 Å².